The number of carbonyl (C=O) groups is 2. The fraction of sp³-hybridized carbons (Fsp3) is 0.280. The Kier molecular flexibility index (Phi) is 5.55. The van der Waals surface area contributed by atoms with E-state index in [1.54, 1.807) is 31.4 Å². The molecule has 2 aromatic carbocycles. The highest BCUT2D eigenvalue weighted by Gasteiger charge is 2.41. The molecule has 1 aliphatic heterocycles. The van der Waals surface area contributed by atoms with Gasteiger partial charge in [-0.05, 0) is 54.7 Å². The SMILES string of the molecule is COC(=O)C1=C(C)NC2=C(C(=O)C[C@@H](c3ccc(OC)cc3)C2)[C@H]1c1ccc(O)cc1. The molecule has 0 radical (unpaired) electrons. The van der Waals surface area contributed by atoms with E-state index in [1.165, 1.54) is 7.11 Å². The van der Waals surface area contributed by atoms with Crippen LogP contribution in [-0.4, -0.2) is 31.1 Å². The minimum absolute atomic E-state index is 0.00143. The number of aromatic hydroxyl groups is 1. The summed E-state index contributed by atoms with van der Waals surface area (Å²) in [6, 6.07) is 14.4. The number of hydrogen-bond acceptors (Lipinski definition) is 6. The average Bonchev–Trinajstić information content (AvgIpc) is 2.78. The maximum atomic E-state index is 13.4. The van der Waals surface area contributed by atoms with Gasteiger partial charge in [0.1, 0.15) is 11.5 Å². The second kappa shape index (κ2) is 8.30. The van der Waals surface area contributed by atoms with Gasteiger partial charge in [-0.3, -0.25) is 4.79 Å². The minimum atomic E-state index is -0.534. The standard InChI is InChI=1S/C25H25NO5/c1-14-22(25(29)31-3)23(16-4-8-18(27)9-5-16)24-20(26-14)12-17(13-21(24)28)15-6-10-19(30-2)11-7-15/h4-11,17,23,26-27H,12-13H2,1-3H3/t17-,23-/m0/s1. The summed E-state index contributed by atoms with van der Waals surface area (Å²) >= 11 is 0. The smallest absolute Gasteiger partial charge is 0.336 e. The lowest BCUT2D eigenvalue weighted by Gasteiger charge is -2.36. The summed E-state index contributed by atoms with van der Waals surface area (Å²) in [6.07, 6.45) is 1.02. The number of allylic oxidation sites excluding steroid dienone is 3. The number of esters is 1. The molecule has 31 heavy (non-hydrogen) atoms. The quantitative estimate of drug-likeness (QED) is 0.731. The fourth-order valence-corrected chi connectivity index (χ4v) is 4.53. The van der Waals surface area contributed by atoms with Crippen LogP contribution in [0.4, 0.5) is 0 Å². The van der Waals surface area contributed by atoms with Crippen LogP contribution in [0.2, 0.25) is 0 Å². The number of dihydropyridines is 1. The number of ether oxygens (including phenoxy) is 2. The number of rotatable bonds is 4. The number of nitrogens with one attached hydrogen (secondary N) is 1. The second-order valence-electron chi connectivity index (χ2n) is 7.87. The van der Waals surface area contributed by atoms with Crippen molar-refractivity contribution in [2.75, 3.05) is 14.2 Å². The van der Waals surface area contributed by atoms with E-state index in [9.17, 15) is 14.7 Å². The van der Waals surface area contributed by atoms with Gasteiger partial charge >= 0.3 is 5.97 Å². The highest BCUT2D eigenvalue weighted by atomic mass is 16.5. The van der Waals surface area contributed by atoms with E-state index in [0.717, 1.165) is 22.6 Å². The van der Waals surface area contributed by atoms with Crippen molar-refractivity contribution in [3.63, 3.8) is 0 Å². The van der Waals surface area contributed by atoms with Crippen LogP contribution in [0.15, 0.2) is 71.1 Å². The van der Waals surface area contributed by atoms with Gasteiger partial charge in [-0.1, -0.05) is 24.3 Å². The zero-order chi connectivity index (χ0) is 22.1. The molecule has 0 amide bonds. The number of benzene rings is 2. The van der Waals surface area contributed by atoms with Crippen LogP contribution in [0.5, 0.6) is 11.5 Å². The monoisotopic (exact) mass is 419 g/mol. The van der Waals surface area contributed by atoms with E-state index < -0.39 is 11.9 Å². The van der Waals surface area contributed by atoms with E-state index in [1.807, 2.05) is 31.2 Å². The van der Waals surface area contributed by atoms with Crippen LogP contribution in [0, 0.1) is 0 Å². The van der Waals surface area contributed by atoms with Gasteiger partial charge in [0.2, 0.25) is 0 Å². The van der Waals surface area contributed by atoms with Gasteiger partial charge in [-0.2, -0.15) is 0 Å². The molecule has 1 aliphatic carbocycles. The summed E-state index contributed by atoms with van der Waals surface area (Å²) in [5, 5.41) is 13.0. The third-order valence-electron chi connectivity index (χ3n) is 6.05. The minimum Gasteiger partial charge on any atom is -0.508 e. The largest absolute Gasteiger partial charge is 0.508 e. The van der Waals surface area contributed by atoms with Gasteiger partial charge in [0.25, 0.3) is 0 Å². The normalized spacial score (nSPS) is 20.8. The lowest BCUT2D eigenvalue weighted by Crippen LogP contribution is -2.36. The maximum Gasteiger partial charge on any atom is 0.336 e. The van der Waals surface area contributed by atoms with E-state index in [4.69, 9.17) is 9.47 Å². The fourth-order valence-electron chi connectivity index (χ4n) is 4.53. The third kappa shape index (κ3) is 3.81. The van der Waals surface area contributed by atoms with Crippen molar-refractivity contribution in [3.8, 4) is 11.5 Å². The van der Waals surface area contributed by atoms with Crippen LogP contribution >= 0.6 is 0 Å². The molecular weight excluding hydrogens is 394 g/mol. The van der Waals surface area contributed by atoms with Gasteiger partial charge in [-0.15, -0.1) is 0 Å². The van der Waals surface area contributed by atoms with E-state index >= 15 is 0 Å². The number of phenols is 1. The van der Waals surface area contributed by atoms with Crippen molar-refractivity contribution in [1.82, 2.24) is 5.32 Å². The van der Waals surface area contributed by atoms with Crippen molar-refractivity contribution < 1.29 is 24.2 Å². The number of hydrogen-bond donors (Lipinski definition) is 2. The Morgan fingerprint density at radius 2 is 1.65 bits per heavy atom. The van der Waals surface area contributed by atoms with Crippen LogP contribution in [-0.2, 0) is 14.3 Å². The Balaban J connectivity index is 1.76. The number of phenolic OH excluding ortho intramolecular Hbond substituents is 1. The predicted molar refractivity (Wildman–Crippen MR) is 116 cm³/mol. The van der Waals surface area contributed by atoms with Crippen molar-refractivity contribution in [2.45, 2.75) is 31.6 Å². The Morgan fingerprint density at radius 1 is 1.00 bits per heavy atom. The highest BCUT2D eigenvalue weighted by Crippen LogP contribution is 2.45. The average molecular weight is 419 g/mol. The van der Waals surface area contributed by atoms with E-state index in [0.29, 0.717) is 29.7 Å². The first kappa shape index (κ1) is 20.7. The molecule has 6 heteroatoms. The Bertz CT molecular complexity index is 1080. The molecule has 0 aromatic heterocycles. The first-order valence-corrected chi connectivity index (χ1v) is 10.2. The summed E-state index contributed by atoms with van der Waals surface area (Å²) in [5.41, 5.74) is 4.36. The summed E-state index contributed by atoms with van der Waals surface area (Å²) in [5.74, 6) is -0.0651. The molecule has 0 fully saturated rings. The van der Waals surface area contributed by atoms with Crippen LogP contribution < -0.4 is 10.1 Å². The molecular formula is C25H25NO5. The molecule has 2 aliphatic rings. The molecule has 1 heterocycles. The van der Waals surface area contributed by atoms with Crippen LogP contribution in [0.3, 0.4) is 0 Å². The van der Waals surface area contributed by atoms with Crippen molar-refractivity contribution in [2.24, 2.45) is 0 Å². The summed E-state index contributed by atoms with van der Waals surface area (Å²) in [6.45, 7) is 1.82. The number of ketones is 1. The number of methoxy groups -OCH3 is 2. The number of carbonyl (C=O) groups excluding carboxylic acids is 2. The van der Waals surface area contributed by atoms with Crippen LogP contribution in [0.1, 0.15) is 42.7 Å². The molecule has 0 unspecified atom stereocenters. The first-order chi connectivity index (χ1) is 14.9. The molecule has 2 aromatic rings. The molecule has 0 spiro atoms. The molecule has 0 bridgehead atoms. The zero-order valence-corrected chi connectivity index (χ0v) is 17.8. The topological polar surface area (TPSA) is 84.9 Å². The van der Waals surface area contributed by atoms with Gasteiger partial charge in [0.15, 0.2) is 5.78 Å². The van der Waals surface area contributed by atoms with Crippen molar-refractivity contribution in [1.29, 1.82) is 0 Å². The molecule has 2 N–H and O–H groups in total. The molecule has 2 atom stereocenters. The van der Waals surface area contributed by atoms with E-state index in [2.05, 4.69) is 5.32 Å². The van der Waals surface area contributed by atoms with Gasteiger partial charge in [-0.25, -0.2) is 4.79 Å². The van der Waals surface area contributed by atoms with E-state index in [-0.39, 0.29) is 17.5 Å². The zero-order valence-electron chi connectivity index (χ0n) is 17.8. The molecule has 4 rings (SSSR count). The summed E-state index contributed by atoms with van der Waals surface area (Å²) in [4.78, 5) is 26.0. The van der Waals surface area contributed by atoms with Crippen molar-refractivity contribution >= 4 is 11.8 Å². The predicted octanol–water partition coefficient (Wildman–Crippen LogP) is 3.94. The summed E-state index contributed by atoms with van der Waals surface area (Å²) in [7, 11) is 2.96. The first-order valence-electron chi connectivity index (χ1n) is 10.2. The number of Topliss-reactive ketones (excluding diaryl/α,β-unsaturated/α-hetero) is 1. The Morgan fingerprint density at radius 3 is 2.26 bits per heavy atom. The van der Waals surface area contributed by atoms with Crippen LogP contribution in [0.25, 0.3) is 0 Å². The van der Waals surface area contributed by atoms with Crippen molar-refractivity contribution in [3.05, 3.63) is 82.2 Å². The summed E-state index contributed by atoms with van der Waals surface area (Å²) < 4.78 is 10.3. The molecule has 6 nitrogen and oxygen atoms in total. The maximum absolute atomic E-state index is 13.4. The van der Waals surface area contributed by atoms with Gasteiger partial charge in [0.05, 0.1) is 19.8 Å². The second-order valence-corrected chi connectivity index (χ2v) is 7.87. The van der Waals surface area contributed by atoms with Gasteiger partial charge in [0, 0.05) is 29.3 Å². The highest BCUT2D eigenvalue weighted by molar-refractivity contribution is 6.04. The molecule has 160 valence electrons. The Labute approximate surface area is 181 Å². The lowest BCUT2D eigenvalue weighted by atomic mass is 9.71. The molecule has 0 saturated carbocycles. The Hall–Kier alpha value is -3.54. The lowest BCUT2D eigenvalue weighted by molar-refractivity contribution is -0.136. The molecule has 0 saturated heterocycles. The van der Waals surface area contributed by atoms with Gasteiger partial charge < -0.3 is 19.9 Å². The third-order valence-corrected chi connectivity index (χ3v) is 6.05.